The average Bonchev–Trinajstić information content (AvgIpc) is 2.57. The summed E-state index contributed by atoms with van der Waals surface area (Å²) >= 11 is 0. The fourth-order valence-electron chi connectivity index (χ4n) is 1.69. The van der Waals surface area contributed by atoms with Crippen molar-refractivity contribution >= 4 is 11.9 Å². The van der Waals surface area contributed by atoms with Crippen molar-refractivity contribution < 1.29 is 14.3 Å². The lowest BCUT2D eigenvalue weighted by Crippen LogP contribution is -2.34. The molecular weight excluding hydrogens is 220 g/mol. The molecular formula is C12H14N2O3. The Morgan fingerprint density at radius 1 is 1.29 bits per heavy atom. The van der Waals surface area contributed by atoms with E-state index in [2.05, 4.69) is 5.32 Å². The van der Waals surface area contributed by atoms with Gasteiger partial charge in [-0.05, 0) is 12.5 Å². The van der Waals surface area contributed by atoms with Crippen LogP contribution in [0.2, 0.25) is 0 Å². The van der Waals surface area contributed by atoms with Crippen LogP contribution < -0.4 is 5.32 Å². The molecule has 0 aliphatic carbocycles. The van der Waals surface area contributed by atoms with E-state index >= 15 is 0 Å². The Kier molecular flexibility index (Phi) is 3.10. The summed E-state index contributed by atoms with van der Waals surface area (Å²) in [4.78, 5) is 23.9. The van der Waals surface area contributed by atoms with E-state index in [0.29, 0.717) is 0 Å². The van der Waals surface area contributed by atoms with Gasteiger partial charge in [-0.2, -0.15) is 0 Å². The number of benzene rings is 1. The van der Waals surface area contributed by atoms with Crippen LogP contribution in [-0.4, -0.2) is 30.1 Å². The van der Waals surface area contributed by atoms with Gasteiger partial charge in [0.15, 0.2) is 0 Å². The molecule has 0 radical (unpaired) electrons. The number of amides is 3. The molecule has 1 aliphatic rings. The first kappa shape index (κ1) is 11.6. The van der Waals surface area contributed by atoms with Crippen molar-refractivity contribution in [1.29, 1.82) is 0 Å². The number of ether oxygens (including phenoxy) is 1. The molecule has 5 nitrogen and oxygen atoms in total. The second-order valence-electron chi connectivity index (χ2n) is 3.95. The molecule has 1 heterocycles. The number of likely N-dealkylation sites (N-methyl/N-ethyl adjacent to an activating group) is 1. The monoisotopic (exact) mass is 234 g/mol. The normalized spacial score (nSPS) is 21.5. The van der Waals surface area contributed by atoms with Crippen LogP contribution in [0.1, 0.15) is 18.6 Å². The van der Waals surface area contributed by atoms with Crippen LogP contribution in [-0.2, 0) is 9.53 Å². The third-order valence-electron chi connectivity index (χ3n) is 2.73. The number of imide groups is 1. The summed E-state index contributed by atoms with van der Waals surface area (Å²) in [5.74, 6) is -0.416. The van der Waals surface area contributed by atoms with Gasteiger partial charge in [0.1, 0.15) is 0 Å². The number of nitrogens with zero attached hydrogens (tertiary/aromatic N) is 1. The predicted molar refractivity (Wildman–Crippen MR) is 61.0 cm³/mol. The van der Waals surface area contributed by atoms with Gasteiger partial charge >= 0.3 is 6.03 Å². The van der Waals surface area contributed by atoms with Crippen molar-refractivity contribution in [3.05, 3.63) is 35.9 Å². The summed E-state index contributed by atoms with van der Waals surface area (Å²) in [6, 6.07) is 9.12. The second-order valence-corrected chi connectivity index (χ2v) is 3.95. The average molecular weight is 234 g/mol. The van der Waals surface area contributed by atoms with Gasteiger partial charge < -0.3 is 4.74 Å². The van der Waals surface area contributed by atoms with Crippen molar-refractivity contribution in [2.45, 2.75) is 19.3 Å². The lowest BCUT2D eigenvalue weighted by Gasteiger charge is -2.21. The van der Waals surface area contributed by atoms with Crippen LogP contribution in [0, 0.1) is 0 Å². The fraction of sp³-hybridized carbons (Fsp3) is 0.333. The minimum absolute atomic E-state index is 0.250. The van der Waals surface area contributed by atoms with E-state index in [9.17, 15) is 9.59 Å². The zero-order chi connectivity index (χ0) is 12.4. The molecule has 3 amide bonds. The molecule has 1 aromatic carbocycles. The number of hydrogen-bond acceptors (Lipinski definition) is 3. The first-order valence-electron chi connectivity index (χ1n) is 5.37. The minimum Gasteiger partial charge on any atom is -0.341 e. The van der Waals surface area contributed by atoms with Gasteiger partial charge in [-0.15, -0.1) is 0 Å². The third-order valence-corrected chi connectivity index (χ3v) is 2.73. The Balaban J connectivity index is 2.07. The fourth-order valence-corrected chi connectivity index (χ4v) is 1.69. The van der Waals surface area contributed by atoms with E-state index in [1.807, 2.05) is 37.3 Å². The van der Waals surface area contributed by atoms with Crippen molar-refractivity contribution in [2.75, 3.05) is 7.05 Å². The first-order valence-corrected chi connectivity index (χ1v) is 5.37. The largest absolute Gasteiger partial charge is 0.341 e. The lowest BCUT2D eigenvalue weighted by atomic mass is 10.1. The number of carbonyl (C=O) groups excluding carboxylic acids is 2. The molecule has 1 fully saturated rings. The molecule has 1 N–H and O–H groups in total. The van der Waals surface area contributed by atoms with Crippen LogP contribution in [0.25, 0.3) is 0 Å². The summed E-state index contributed by atoms with van der Waals surface area (Å²) in [6.07, 6.45) is -1.10. The molecule has 17 heavy (non-hydrogen) atoms. The Labute approximate surface area is 99.4 Å². The highest BCUT2D eigenvalue weighted by atomic mass is 16.5. The minimum atomic E-state index is -0.849. The quantitative estimate of drug-likeness (QED) is 0.801. The standard InChI is InChI=1S/C12H14N2O3/c1-8(9-6-4-3-5-7-9)17-11-10(15)13-12(16)14(11)2/h3-8,11H,1-2H3,(H,13,15,16)/t8-,11+/m1/s1. The summed E-state index contributed by atoms with van der Waals surface area (Å²) in [5, 5.41) is 2.20. The summed E-state index contributed by atoms with van der Waals surface area (Å²) in [5.41, 5.74) is 0.966. The van der Waals surface area contributed by atoms with E-state index in [4.69, 9.17) is 4.74 Å². The highest BCUT2D eigenvalue weighted by molar-refractivity contribution is 6.03. The molecule has 1 aromatic rings. The van der Waals surface area contributed by atoms with Gasteiger partial charge in [0.05, 0.1) is 6.10 Å². The lowest BCUT2D eigenvalue weighted by molar-refractivity contribution is -0.140. The Morgan fingerprint density at radius 2 is 1.94 bits per heavy atom. The molecule has 90 valence electrons. The smallest absolute Gasteiger partial charge is 0.326 e. The molecule has 2 atom stereocenters. The molecule has 5 heteroatoms. The summed E-state index contributed by atoms with van der Waals surface area (Å²) < 4.78 is 5.59. The van der Waals surface area contributed by atoms with Crippen molar-refractivity contribution in [1.82, 2.24) is 10.2 Å². The highest BCUT2D eigenvalue weighted by Gasteiger charge is 2.37. The molecule has 1 saturated heterocycles. The Morgan fingerprint density at radius 3 is 2.47 bits per heavy atom. The predicted octanol–water partition coefficient (Wildman–Crippen LogP) is 1.27. The van der Waals surface area contributed by atoms with E-state index < -0.39 is 18.2 Å². The Hall–Kier alpha value is -1.88. The van der Waals surface area contributed by atoms with Gasteiger partial charge in [0.25, 0.3) is 5.91 Å². The topological polar surface area (TPSA) is 58.6 Å². The maximum absolute atomic E-state index is 11.5. The molecule has 0 bridgehead atoms. The maximum atomic E-state index is 11.5. The van der Waals surface area contributed by atoms with Gasteiger partial charge in [-0.1, -0.05) is 30.3 Å². The molecule has 1 aliphatic heterocycles. The van der Waals surface area contributed by atoms with Gasteiger partial charge in [-0.25, -0.2) is 4.79 Å². The summed E-state index contributed by atoms with van der Waals surface area (Å²) in [7, 11) is 1.53. The highest BCUT2D eigenvalue weighted by Crippen LogP contribution is 2.20. The Bertz CT molecular complexity index is 433. The maximum Gasteiger partial charge on any atom is 0.326 e. The molecule has 2 rings (SSSR count). The van der Waals surface area contributed by atoms with Crippen LogP contribution in [0.3, 0.4) is 0 Å². The van der Waals surface area contributed by atoms with Crippen LogP contribution in [0.4, 0.5) is 4.79 Å². The van der Waals surface area contributed by atoms with Gasteiger partial charge in [0.2, 0.25) is 6.23 Å². The van der Waals surface area contributed by atoms with Crippen molar-refractivity contribution in [3.63, 3.8) is 0 Å². The zero-order valence-electron chi connectivity index (χ0n) is 9.71. The molecule has 0 aromatic heterocycles. The molecule has 0 spiro atoms. The van der Waals surface area contributed by atoms with E-state index in [0.717, 1.165) is 5.56 Å². The number of rotatable bonds is 3. The zero-order valence-corrected chi connectivity index (χ0v) is 9.71. The van der Waals surface area contributed by atoms with Gasteiger partial charge in [-0.3, -0.25) is 15.0 Å². The van der Waals surface area contributed by atoms with Crippen LogP contribution in [0.15, 0.2) is 30.3 Å². The van der Waals surface area contributed by atoms with Gasteiger partial charge in [0, 0.05) is 7.05 Å². The number of hydrogen-bond donors (Lipinski definition) is 1. The van der Waals surface area contributed by atoms with Crippen LogP contribution >= 0.6 is 0 Å². The van der Waals surface area contributed by atoms with E-state index in [1.165, 1.54) is 11.9 Å². The molecule has 0 unspecified atom stereocenters. The number of nitrogens with one attached hydrogen (secondary N) is 1. The van der Waals surface area contributed by atoms with Crippen molar-refractivity contribution in [3.8, 4) is 0 Å². The van der Waals surface area contributed by atoms with E-state index in [-0.39, 0.29) is 6.10 Å². The third kappa shape index (κ3) is 2.29. The van der Waals surface area contributed by atoms with Crippen molar-refractivity contribution in [2.24, 2.45) is 0 Å². The van der Waals surface area contributed by atoms with E-state index in [1.54, 1.807) is 0 Å². The number of carbonyl (C=O) groups is 2. The SMILES string of the molecule is C[C@@H](O[C@H]1C(=O)NC(=O)N1C)c1ccccc1. The number of urea groups is 1. The van der Waals surface area contributed by atoms with Crippen LogP contribution in [0.5, 0.6) is 0 Å². The first-order chi connectivity index (χ1) is 8.09. The molecule has 0 saturated carbocycles. The second kappa shape index (κ2) is 4.55. The summed E-state index contributed by atoms with van der Waals surface area (Å²) in [6.45, 7) is 1.85.